The fourth-order valence-electron chi connectivity index (χ4n) is 2.47. The summed E-state index contributed by atoms with van der Waals surface area (Å²) in [6.45, 7) is 3.32. The molecule has 0 bridgehead atoms. The quantitative estimate of drug-likeness (QED) is 0.581. The maximum absolute atomic E-state index is 5.72. The van der Waals surface area contributed by atoms with Crippen molar-refractivity contribution < 1.29 is 9.47 Å². The molecule has 0 fully saturated rings. The third-order valence-corrected chi connectivity index (χ3v) is 4.49. The first-order valence-corrected chi connectivity index (χ1v) is 8.99. The van der Waals surface area contributed by atoms with Crippen molar-refractivity contribution in [2.45, 2.75) is 13.1 Å². The highest BCUT2D eigenvalue weighted by atomic mass is 32.1. The molecule has 0 atom stereocenters. The molecule has 3 aromatic rings. The number of nitrogens with zero attached hydrogens (tertiary/aromatic N) is 3. The molecule has 1 aromatic carbocycles. The largest absolute Gasteiger partial charge is 0.424 e. The maximum atomic E-state index is 5.72. The number of hydrogen-bond donors (Lipinski definition) is 0. The lowest BCUT2D eigenvalue weighted by Gasteiger charge is -2.21. The molecule has 0 aliphatic heterocycles. The molecule has 0 spiro atoms. The zero-order chi connectivity index (χ0) is 17.3. The van der Waals surface area contributed by atoms with Gasteiger partial charge in [0.15, 0.2) is 0 Å². The minimum atomic E-state index is 0.356. The topological polar surface area (TPSA) is 47.5 Å². The van der Waals surface area contributed by atoms with Crippen LogP contribution in [0.25, 0.3) is 0 Å². The van der Waals surface area contributed by atoms with Crippen molar-refractivity contribution in [3.05, 3.63) is 70.7 Å². The lowest BCUT2D eigenvalue weighted by Crippen LogP contribution is -2.26. The normalized spacial score (nSPS) is 11.0. The van der Waals surface area contributed by atoms with E-state index in [0.717, 1.165) is 25.4 Å². The second-order valence-corrected chi connectivity index (χ2v) is 6.60. The van der Waals surface area contributed by atoms with Crippen LogP contribution in [0.5, 0.6) is 11.8 Å². The molecule has 2 heterocycles. The molecular formula is C19H21N3O2S. The van der Waals surface area contributed by atoms with Crippen molar-refractivity contribution in [2.75, 3.05) is 20.3 Å². The third-order valence-electron chi connectivity index (χ3n) is 3.63. The van der Waals surface area contributed by atoms with Crippen LogP contribution in [0.15, 0.2) is 60.2 Å². The summed E-state index contributed by atoms with van der Waals surface area (Å²) in [6, 6.07) is 14.4. The summed E-state index contributed by atoms with van der Waals surface area (Å²) in [5.41, 5.74) is 1.18. The summed E-state index contributed by atoms with van der Waals surface area (Å²) in [5.74, 6) is 0.742. The molecule has 130 valence electrons. The average molecular weight is 355 g/mol. The second kappa shape index (κ2) is 9.27. The highest BCUT2D eigenvalue weighted by Gasteiger charge is 2.09. The number of rotatable bonds is 9. The summed E-state index contributed by atoms with van der Waals surface area (Å²) in [7, 11) is 1.73. The Labute approximate surface area is 151 Å². The van der Waals surface area contributed by atoms with Crippen LogP contribution >= 0.6 is 11.3 Å². The molecule has 0 saturated heterocycles. The van der Waals surface area contributed by atoms with E-state index in [-0.39, 0.29) is 0 Å². The summed E-state index contributed by atoms with van der Waals surface area (Å²) in [5, 5.41) is 2.11. The first kappa shape index (κ1) is 17.5. The number of methoxy groups -OCH3 is 1. The van der Waals surface area contributed by atoms with Gasteiger partial charge in [-0.3, -0.25) is 4.90 Å². The van der Waals surface area contributed by atoms with Crippen LogP contribution in [0.2, 0.25) is 0 Å². The van der Waals surface area contributed by atoms with E-state index in [1.807, 2.05) is 18.2 Å². The maximum Gasteiger partial charge on any atom is 0.321 e. The van der Waals surface area contributed by atoms with Crippen molar-refractivity contribution >= 4 is 11.3 Å². The molecule has 0 radical (unpaired) electrons. The van der Waals surface area contributed by atoms with Crippen molar-refractivity contribution in [1.29, 1.82) is 0 Å². The lowest BCUT2D eigenvalue weighted by molar-refractivity contribution is 0.140. The van der Waals surface area contributed by atoms with Crippen LogP contribution in [-0.2, 0) is 17.8 Å². The van der Waals surface area contributed by atoms with E-state index in [2.05, 4.69) is 38.4 Å². The summed E-state index contributed by atoms with van der Waals surface area (Å²) in [4.78, 5) is 11.9. The van der Waals surface area contributed by atoms with E-state index < -0.39 is 0 Å². The molecule has 0 amide bonds. The van der Waals surface area contributed by atoms with Gasteiger partial charge in [0.2, 0.25) is 0 Å². The Morgan fingerprint density at radius 3 is 2.68 bits per heavy atom. The second-order valence-electron chi connectivity index (χ2n) is 5.56. The minimum Gasteiger partial charge on any atom is -0.424 e. The van der Waals surface area contributed by atoms with E-state index in [1.54, 1.807) is 36.9 Å². The van der Waals surface area contributed by atoms with Crippen LogP contribution in [0.3, 0.4) is 0 Å². The van der Waals surface area contributed by atoms with Gasteiger partial charge >= 0.3 is 6.01 Å². The fraction of sp³-hybridized carbons (Fsp3) is 0.263. The van der Waals surface area contributed by atoms with E-state index in [4.69, 9.17) is 9.47 Å². The van der Waals surface area contributed by atoms with Gasteiger partial charge < -0.3 is 9.47 Å². The SMILES string of the molecule is COCCN(Cc1cccc(Oc2ncccn2)c1)Cc1cccs1. The van der Waals surface area contributed by atoms with Gasteiger partial charge in [0.05, 0.1) is 6.61 Å². The molecule has 2 aromatic heterocycles. The predicted molar refractivity (Wildman–Crippen MR) is 98.9 cm³/mol. The van der Waals surface area contributed by atoms with Crippen LogP contribution in [0.1, 0.15) is 10.4 Å². The smallest absolute Gasteiger partial charge is 0.321 e. The Morgan fingerprint density at radius 1 is 1.04 bits per heavy atom. The van der Waals surface area contributed by atoms with Gasteiger partial charge in [-0.2, -0.15) is 0 Å². The molecule has 5 nitrogen and oxygen atoms in total. The third kappa shape index (κ3) is 5.63. The highest BCUT2D eigenvalue weighted by Crippen LogP contribution is 2.20. The van der Waals surface area contributed by atoms with Crippen molar-refractivity contribution in [3.8, 4) is 11.8 Å². The average Bonchev–Trinajstić information content (AvgIpc) is 3.14. The molecule has 3 rings (SSSR count). The van der Waals surface area contributed by atoms with Crippen LogP contribution in [0, 0.1) is 0 Å². The minimum absolute atomic E-state index is 0.356. The van der Waals surface area contributed by atoms with Crippen molar-refractivity contribution in [2.24, 2.45) is 0 Å². The molecule has 0 aliphatic carbocycles. The zero-order valence-corrected chi connectivity index (χ0v) is 15.0. The molecule has 0 saturated carbocycles. The van der Waals surface area contributed by atoms with E-state index in [0.29, 0.717) is 12.6 Å². The Bertz CT molecular complexity index is 750. The van der Waals surface area contributed by atoms with E-state index in [9.17, 15) is 0 Å². The number of thiophene rings is 1. The molecular weight excluding hydrogens is 334 g/mol. The van der Waals surface area contributed by atoms with Gasteiger partial charge in [0.1, 0.15) is 5.75 Å². The van der Waals surface area contributed by atoms with Gasteiger partial charge in [-0.15, -0.1) is 11.3 Å². The van der Waals surface area contributed by atoms with Gasteiger partial charge in [0.25, 0.3) is 0 Å². The molecule has 6 heteroatoms. The number of hydrogen-bond acceptors (Lipinski definition) is 6. The summed E-state index contributed by atoms with van der Waals surface area (Å²) < 4.78 is 11.0. The van der Waals surface area contributed by atoms with Crippen molar-refractivity contribution in [1.82, 2.24) is 14.9 Å². The Kier molecular flexibility index (Phi) is 6.50. The fourth-order valence-corrected chi connectivity index (χ4v) is 3.21. The molecule has 0 aliphatic rings. The Hall–Kier alpha value is -2.28. The number of aromatic nitrogens is 2. The van der Waals surface area contributed by atoms with E-state index in [1.165, 1.54) is 10.4 Å². The van der Waals surface area contributed by atoms with Gasteiger partial charge in [0, 0.05) is 44.0 Å². The first-order chi connectivity index (χ1) is 12.3. The highest BCUT2D eigenvalue weighted by molar-refractivity contribution is 7.09. The zero-order valence-electron chi connectivity index (χ0n) is 14.2. The van der Waals surface area contributed by atoms with Crippen LogP contribution in [-0.4, -0.2) is 35.1 Å². The van der Waals surface area contributed by atoms with E-state index >= 15 is 0 Å². The lowest BCUT2D eigenvalue weighted by atomic mass is 10.2. The van der Waals surface area contributed by atoms with Gasteiger partial charge in [-0.25, -0.2) is 9.97 Å². The molecule has 0 N–H and O–H groups in total. The monoisotopic (exact) mass is 355 g/mol. The first-order valence-electron chi connectivity index (χ1n) is 8.11. The number of ether oxygens (including phenoxy) is 2. The summed E-state index contributed by atoms with van der Waals surface area (Å²) >= 11 is 1.78. The van der Waals surface area contributed by atoms with Crippen LogP contribution in [0.4, 0.5) is 0 Å². The standard InChI is InChI=1S/C19H21N3O2S/c1-23-11-10-22(15-18-7-3-12-25-18)14-16-5-2-6-17(13-16)24-19-20-8-4-9-21-19/h2-9,12-13H,10-11,14-15H2,1H3. The molecule has 0 unspecified atom stereocenters. The Balaban J connectivity index is 1.67. The van der Waals surface area contributed by atoms with Gasteiger partial charge in [-0.05, 0) is 35.2 Å². The summed E-state index contributed by atoms with van der Waals surface area (Å²) in [6.07, 6.45) is 3.33. The Morgan fingerprint density at radius 2 is 1.92 bits per heavy atom. The van der Waals surface area contributed by atoms with Crippen LogP contribution < -0.4 is 4.74 Å². The number of benzene rings is 1. The molecule has 25 heavy (non-hydrogen) atoms. The predicted octanol–water partition coefficient (Wildman–Crippen LogP) is 3.98. The van der Waals surface area contributed by atoms with Crippen molar-refractivity contribution in [3.63, 3.8) is 0 Å². The van der Waals surface area contributed by atoms with Gasteiger partial charge in [-0.1, -0.05) is 18.2 Å².